The van der Waals surface area contributed by atoms with Crippen LogP contribution in [0.15, 0.2) is 78.9 Å². The Morgan fingerprint density at radius 1 is 1.00 bits per heavy atom. The quantitative estimate of drug-likeness (QED) is 0.243. The average Bonchev–Trinajstić information content (AvgIpc) is 2.85. The number of rotatable bonds is 9. The highest BCUT2D eigenvalue weighted by atomic mass is 16.6. The number of para-hydroxylation sites is 1. The maximum atomic E-state index is 10.8. The predicted octanol–water partition coefficient (Wildman–Crippen LogP) is 5.61. The van der Waals surface area contributed by atoms with Gasteiger partial charge in [-0.25, -0.2) is 0 Å². The van der Waals surface area contributed by atoms with E-state index in [1.165, 1.54) is 17.7 Å². The first-order valence-corrected chi connectivity index (χ1v) is 11.5. The third kappa shape index (κ3) is 6.11. The third-order valence-corrected chi connectivity index (χ3v) is 6.17. The lowest BCUT2D eigenvalue weighted by Crippen LogP contribution is -2.44. The number of piperidine rings is 1. The number of hydrogen-bond donors (Lipinski definition) is 0. The summed E-state index contributed by atoms with van der Waals surface area (Å²) < 4.78 is 12.3. The van der Waals surface area contributed by atoms with Gasteiger partial charge in [0.05, 0.1) is 11.5 Å². The van der Waals surface area contributed by atoms with Gasteiger partial charge in [-0.1, -0.05) is 48.5 Å². The van der Waals surface area contributed by atoms with Gasteiger partial charge in [0, 0.05) is 37.7 Å². The van der Waals surface area contributed by atoms with Crippen molar-refractivity contribution in [3.63, 3.8) is 0 Å². The van der Waals surface area contributed by atoms with Gasteiger partial charge < -0.3 is 14.4 Å². The molecule has 1 saturated heterocycles. The fourth-order valence-electron chi connectivity index (χ4n) is 4.36. The smallest absolute Gasteiger partial charge is 0.269 e. The molecule has 0 bridgehead atoms. The first kappa shape index (κ1) is 22.8. The summed E-state index contributed by atoms with van der Waals surface area (Å²) >= 11 is 0. The number of nitrogens with zero attached hydrogens (tertiary/aromatic N) is 2. The normalized spacial score (nSPS) is 18.6. The number of non-ortho nitro benzene ring substituents is 1. The summed E-state index contributed by atoms with van der Waals surface area (Å²) in [6.07, 6.45) is 2.00. The van der Waals surface area contributed by atoms with Crippen molar-refractivity contribution in [2.45, 2.75) is 31.8 Å². The van der Waals surface area contributed by atoms with Gasteiger partial charge >= 0.3 is 0 Å². The molecule has 33 heavy (non-hydrogen) atoms. The zero-order chi connectivity index (χ0) is 23.0. The van der Waals surface area contributed by atoms with Gasteiger partial charge in [-0.3, -0.25) is 10.1 Å². The molecule has 4 rings (SSSR count). The molecule has 1 aliphatic heterocycles. The van der Waals surface area contributed by atoms with E-state index in [9.17, 15) is 10.1 Å². The number of hydrogen-bond acceptors (Lipinski definition) is 5. The number of ether oxygens (including phenoxy) is 2. The van der Waals surface area contributed by atoms with E-state index in [0.29, 0.717) is 18.3 Å². The summed E-state index contributed by atoms with van der Waals surface area (Å²) in [4.78, 5) is 12.8. The molecule has 3 aromatic rings. The minimum absolute atomic E-state index is 0.0742. The number of likely N-dealkylation sites (tertiary alicyclic amines) is 1. The molecule has 1 fully saturated rings. The molecule has 3 aromatic carbocycles. The Morgan fingerprint density at radius 3 is 2.45 bits per heavy atom. The second-order valence-electron chi connectivity index (χ2n) is 8.48. The minimum Gasteiger partial charge on any atom is -0.494 e. The topological polar surface area (TPSA) is 64.8 Å². The summed E-state index contributed by atoms with van der Waals surface area (Å²) in [5, 5.41) is 10.8. The summed E-state index contributed by atoms with van der Waals surface area (Å²) in [7, 11) is 0. The van der Waals surface area contributed by atoms with E-state index in [0.717, 1.165) is 43.8 Å². The van der Waals surface area contributed by atoms with Crippen LogP contribution < -0.4 is 9.47 Å². The number of aryl methyl sites for hydroxylation is 1. The van der Waals surface area contributed by atoms with E-state index in [1.54, 1.807) is 12.1 Å². The molecule has 0 aromatic heterocycles. The fourth-order valence-corrected chi connectivity index (χ4v) is 4.36. The first-order valence-electron chi connectivity index (χ1n) is 11.5. The van der Waals surface area contributed by atoms with Gasteiger partial charge in [0.25, 0.3) is 5.69 Å². The van der Waals surface area contributed by atoms with Crippen LogP contribution in [-0.4, -0.2) is 42.2 Å². The van der Waals surface area contributed by atoms with Crippen molar-refractivity contribution in [1.29, 1.82) is 0 Å². The Labute approximate surface area is 194 Å². The van der Waals surface area contributed by atoms with Crippen molar-refractivity contribution in [2.24, 2.45) is 0 Å². The van der Waals surface area contributed by atoms with Crippen LogP contribution in [-0.2, 0) is 0 Å². The summed E-state index contributed by atoms with van der Waals surface area (Å²) in [5.41, 5.74) is 2.54. The van der Waals surface area contributed by atoms with Crippen LogP contribution in [0.2, 0.25) is 0 Å². The van der Waals surface area contributed by atoms with Gasteiger partial charge in [-0.2, -0.15) is 0 Å². The summed E-state index contributed by atoms with van der Waals surface area (Å²) in [6, 6.07) is 25.1. The Bertz CT molecular complexity index is 1040. The average molecular weight is 447 g/mol. The molecule has 2 atom stereocenters. The van der Waals surface area contributed by atoms with Crippen molar-refractivity contribution >= 4 is 5.69 Å². The van der Waals surface area contributed by atoms with Gasteiger partial charge in [0.2, 0.25) is 0 Å². The van der Waals surface area contributed by atoms with Crippen LogP contribution in [0.25, 0.3) is 0 Å². The molecular formula is C27H30N2O4. The Kier molecular flexibility index (Phi) is 7.58. The molecule has 0 radical (unpaired) electrons. The Balaban J connectivity index is 1.33. The monoisotopic (exact) mass is 446 g/mol. The largest absolute Gasteiger partial charge is 0.494 e. The van der Waals surface area contributed by atoms with Gasteiger partial charge in [0.1, 0.15) is 17.6 Å². The number of nitro groups is 1. The number of nitro benzene ring substituents is 1. The summed E-state index contributed by atoms with van der Waals surface area (Å²) in [5.74, 6) is 1.93. The van der Waals surface area contributed by atoms with Crippen LogP contribution in [0.3, 0.4) is 0 Å². The minimum atomic E-state index is -0.403. The molecule has 172 valence electrons. The molecule has 1 aliphatic rings. The van der Waals surface area contributed by atoms with Crippen molar-refractivity contribution in [3.8, 4) is 11.5 Å². The van der Waals surface area contributed by atoms with Crippen molar-refractivity contribution < 1.29 is 14.4 Å². The first-order chi connectivity index (χ1) is 16.1. The van der Waals surface area contributed by atoms with E-state index in [4.69, 9.17) is 9.47 Å². The molecule has 6 nitrogen and oxygen atoms in total. The van der Waals surface area contributed by atoms with Crippen molar-refractivity contribution in [1.82, 2.24) is 4.90 Å². The van der Waals surface area contributed by atoms with E-state index >= 15 is 0 Å². The highest BCUT2D eigenvalue weighted by molar-refractivity contribution is 5.36. The molecule has 0 amide bonds. The zero-order valence-electron chi connectivity index (χ0n) is 18.9. The molecule has 0 N–H and O–H groups in total. The highest BCUT2D eigenvalue weighted by Gasteiger charge is 2.32. The Hall–Kier alpha value is -3.38. The second kappa shape index (κ2) is 11.0. The van der Waals surface area contributed by atoms with E-state index in [-0.39, 0.29) is 11.8 Å². The number of benzene rings is 3. The van der Waals surface area contributed by atoms with Crippen LogP contribution in [0.4, 0.5) is 5.69 Å². The third-order valence-electron chi connectivity index (χ3n) is 6.17. The Morgan fingerprint density at radius 2 is 1.73 bits per heavy atom. The lowest BCUT2D eigenvalue weighted by molar-refractivity contribution is -0.384. The maximum absolute atomic E-state index is 10.8. The van der Waals surface area contributed by atoms with Gasteiger partial charge in [-0.15, -0.1) is 0 Å². The second-order valence-corrected chi connectivity index (χ2v) is 8.48. The summed E-state index contributed by atoms with van der Waals surface area (Å²) in [6.45, 7) is 5.53. The molecule has 6 heteroatoms. The zero-order valence-corrected chi connectivity index (χ0v) is 18.9. The molecule has 0 spiro atoms. The lowest BCUT2D eigenvalue weighted by atomic mass is 9.87. The highest BCUT2D eigenvalue weighted by Crippen LogP contribution is 2.32. The van der Waals surface area contributed by atoms with Crippen molar-refractivity contribution in [2.75, 3.05) is 26.2 Å². The fraction of sp³-hybridized carbons (Fsp3) is 0.333. The van der Waals surface area contributed by atoms with E-state index < -0.39 is 4.92 Å². The lowest BCUT2D eigenvalue weighted by Gasteiger charge is -2.39. The maximum Gasteiger partial charge on any atom is 0.269 e. The standard InChI is InChI=1S/C27H30N2O4/c1-21-8-5-6-11-26(21)33-27-16-18-28(20-25(27)22-9-3-2-4-10-22)17-7-19-32-24-14-12-23(13-15-24)29(30)31/h2-6,8-15,25,27H,7,16-20H2,1H3/t25-,27-/m1/s1. The van der Waals surface area contributed by atoms with E-state index in [2.05, 4.69) is 54.3 Å². The van der Waals surface area contributed by atoms with E-state index in [1.807, 2.05) is 12.1 Å². The molecule has 0 saturated carbocycles. The van der Waals surface area contributed by atoms with Crippen LogP contribution >= 0.6 is 0 Å². The SMILES string of the molecule is Cc1ccccc1O[C@@H]1CCN(CCCOc2ccc([N+](=O)[O-])cc2)C[C@@H]1c1ccccc1. The molecule has 0 unspecified atom stereocenters. The molecular weight excluding hydrogens is 416 g/mol. The van der Waals surface area contributed by atoms with Crippen molar-refractivity contribution in [3.05, 3.63) is 100 Å². The van der Waals surface area contributed by atoms with Gasteiger partial charge in [0.15, 0.2) is 0 Å². The predicted molar refractivity (Wildman–Crippen MR) is 129 cm³/mol. The van der Waals surface area contributed by atoms with Crippen LogP contribution in [0.5, 0.6) is 11.5 Å². The molecule has 0 aliphatic carbocycles. The van der Waals surface area contributed by atoms with Crippen LogP contribution in [0.1, 0.15) is 29.9 Å². The van der Waals surface area contributed by atoms with Crippen LogP contribution in [0, 0.1) is 17.0 Å². The van der Waals surface area contributed by atoms with Gasteiger partial charge in [-0.05, 0) is 49.1 Å². The molecule has 1 heterocycles.